The second kappa shape index (κ2) is 11.5. The summed E-state index contributed by atoms with van der Waals surface area (Å²) in [7, 11) is 3.08. The Morgan fingerprint density at radius 2 is 1.59 bits per heavy atom. The average molecular weight is 396 g/mol. The molecule has 6 heteroatoms. The Kier molecular flexibility index (Phi) is 8.66. The van der Waals surface area contributed by atoms with Crippen molar-refractivity contribution in [3.63, 3.8) is 0 Å². The number of ether oxygens (including phenoxy) is 3. The van der Waals surface area contributed by atoms with Gasteiger partial charge in [0.05, 0.1) is 27.2 Å². The van der Waals surface area contributed by atoms with Crippen LogP contribution in [0.4, 0.5) is 0 Å². The van der Waals surface area contributed by atoms with Crippen LogP contribution in [0, 0.1) is 0 Å². The number of methoxy groups -OCH3 is 2. The molecule has 6 nitrogen and oxygen atoms in total. The van der Waals surface area contributed by atoms with Gasteiger partial charge in [0.25, 0.3) is 0 Å². The molecule has 0 aromatic heterocycles. The van der Waals surface area contributed by atoms with Gasteiger partial charge in [-0.3, -0.25) is 9.59 Å². The Hall–Kier alpha value is -3.38. The zero-order valence-electron chi connectivity index (χ0n) is 16.5. The quantitative estimate of drug-likeness (QED) is 0.463. The van der Waals surface area contributed by atoms with Gasteiger partial charge in [0.2, 0.25) is 0 Å². The SMILES string of the molecule is COc1cccc(/C=C/C(=O)CC(=O)/C=C/c2ccc(OCCO)c(OC)c2)c1. The summed E-state index contributed by atoms with van der Waals surface area (Å²) >= 11 is 0. The Morgan fingerprint density at radius 1 is 0.897 bits per heavy atom. The van der Waals surface area contributed by atoms with E-state index in [0.29, 0.717) is 17.2 Å². The van der Waals surface area contributed by atoms with Crippen LogP contribution >= 0.6 is 0 Å². The maximum absolute atomic E-state index is 12.1. The van der Waals surface area contributed by atoms with Crippen LogP contribution in [0.1, 0.15) is 17.5 Å². The Bertz CT molecular complexity index is 898. The molecule has 1 N–H and O–H groups in total. The molecule has 2 rings (SSSR count). The minimum Gasteiger partial charge on any atom is -0.497 e. The molecule has 29 heavy (non-hydrogen) atoms. The summed E-state index contributed by atoms with van der Waals surface area (Å²) in [5.74, 6) is 1.10. The largest absolute Gasteiger partial charge is 0.497 e. The van der Waals surface area contributed by atoms with Crippen molar-refractivity contribution in [1.82, 2.24) is 0 Å². The van der Waals surface area contributed by atoms with E-state index in [4.69, 9.17) is 19.3 Å². The lowest BCUT2D eigenvalue weighted by atomic mass is 10.1. The lowest BCUT2D eigenvalue weighted by Crippen LogP contribution is -2.03. The number of aliphatic hydroxyl groups is 1. The lowest BCUT2D eigenvalue weighted by Gasteiger charge is -2.10. The molecule has 0 aliphatic rings. The molecule has 0 atom stereocenters. The van der Waals surface area contributed by atoms with E-state index in [1.807, 2.05) is 18.2 Å². The van der Waals surface area contributed by atoms with Gasteiger partial charge < -0.3 is 19.3 Å². The fourth-order valence-electron chi connectivity index (χ4n) is 2.48. The molecule has 0 fully saturated rings. The van der Waals surface area contributed by atoms with Crippen LogP contribution in [-0.2, 0) is 9.59 Å². The molecule has 0 bridgehead atoms. The van der Waals surface area contributed by atoms with Gasteiger partial charge in [-0.15, -0.1) is 0 Å². The van der Waals surface area contributed by atoms with E-state index >= 15 is 0 Å². The zero-order chi connectivity index (χ0) is 21.1. The highest BCUT2D eigenvalue weighted by molar-refractivity contribution is 6.10. The van der Waals surface area contributed by atoms with Crippen LogP contribution < -0.4 is 14.2 Å². The number of rotatable bonds is 11. The van der Waals surface area contributed by atoms with Gasteiger partial charge in [-0.1, -0.05) is 30.4 Å². The van der Waals surface area contributed by atoms with Crippen molar-refractivity contribution in [2.45, 2.75) is 6.42 Å². The van der Waals surface area contributed by atoms with Crippen molar-refractivity contribution >= 4 is 23.7 Å². The predicted octanol–water partition coefficient (Wildman–Crippen LogP) is 3.33. The molecule has 0 amide bonds. The van der Waals surface area contributed by atoms with Gasteiger partial charge in [0.1, 0.15) is 12.4 Å². The molecule has 0 spiro atoms. The van der Waals surface area contributed by atoms with Crippen LogP contribution in [-0.4, -0.2) is 44.1 Å². The van der Waals surface area contributed by atoms with E-state index < -0.39 is 0 Å². The van der Waals surface area contributed by atoms with Crippen molar-refractivity contribution in [1.29, 1.82) is 0 Å². The lowest BCUT2D eigenvalue weighted by molar-refractivity contribution is -0.121. The molecule has 0 aliphatic carbocycles. The summed E-state index contributed by atoms with van der Waals surface area (Å²) in [4.78, 5) is 24.1. The van der Waals surface area contributed by atoms with Crippen molar-refractivity contribution in [2.24, 2.45) is 0 Å². The van der Waals surface area contributed by atoms with E-state index in [-0.39, 0.29) is 31.2 Å². The number of benzene rings is 2. The maximum atomic E-state index is 12.1. The van der Waals surface area contributed by atoms with E-state index in [0.717, 1.165) is 11.1 Å². The van der Waals surface area contributed by atoms with E-state index in [1.54, 1.807) is 43.5 Å². The second-order valence-electron chi connectivity index (χ2n) is 6.04. The van der Waals surface area contributed by atoms with Crippen molar-refractivity contribution in [2.75, 3.05) is 27.4 Å². The summed E-state index contributed by atoms with van der Waals surface area (Å²) in [5.41, 5.74) is 1.54. The number of aliphatic hydroxyl groups excluding tert-OH is 1. The molecule has 0 saturated heterocycles. The first-order valence-electron chi connectivity index (χ1n) is 9.03. The number of carbonyl (C=O) groups is 2. The zero-order valence-corrected chi connectivity index (χ0v) is 16.5. The molecule has 0 unspecified atom stereocenters. The predicted molar refractivity (Wildman–Crippen MR) is 111 cm³/mol. The van der Waals surface area contributed by atoms with Crippen LogP contribution in [0.25, 0.3) is 12.2 Å². The standard InChI is InChI=1S/C23H24O6/c1-27-21-5-3-4-17(14-21)6-9-19(25)16-20(26)10-7-18-8-11-22(29-13-12-24)23(15-18)28-2/h3-11,14-15,24H,12-13,16H2,1-2H3/b9-6+,10-7+. The highest BCUT2D eigenvalue weighted by Crippen LogP contribution is 2.28. The Balaban J connectivity index is 1.94. The number of carbonyl (C=O) groups excluding carboxylic acids is 2. The summed E-state index contributed by atoms with van der Waals surface area (Å²) in [5, 5.41) is 8.84. The van der Waals surface area contributed by atoms with E-state index in [1.165, 1.54) is 19.3 Å². The summed E-state index contributed by atoms with van der Waals surface area (Å²) in [6.45, 7) is 0.0645. The van der Waals surface area contributed by atoms with Gasteiger partial charge in [-0.25, -0.2) is 0 Å². The second-order valence-corrected chi connectivity index (χ2v) is 6.04. The number of hydrogen-bond donors (Lipinski definition) is 1. The van der Waals surface area contributed by atoms with Gasteiger partial charge in [0.15, 0.2) is 23.1 Å². The monoisotopic (exact) mass is 396 g/mol. The van der Waals surface area contributed by atoms with E-state index in [9.17, 15) is 9.59 Å². The van der Waals surface area contributed by atoms with Gasteiger partial charge in [-0.05, 0) is 47.5 Å². The van der Waals surface area contributed by atoms with Crippen molar-refractivity contribution < 1.29 is 28.9 Å². The van der Waals surface area contributed by atoms with Gasteiger partial charge in [0, 0.05) is 0 Å². The van der Waals surface area contributed by atoms with Crippen LogP contribution in [0.3, 0.4) is 0 Å². The number of ketones is 2. The highest BCUT2D eigenvalue weighted by Gasteiger charge is 2.06. The fraction of sp³-hybridized carbons (Fsp3) is 0.217. The molecule has 0 aliphatic heterocycles. The third kappa shape index (κ3) is 7.27. The third-order valence-electron chi connectivity index (χ3n) is 3.90. The first kappa shape index (κ1) is 21.9. The highest BCUT2D eigenvalue weighted by atomic mass is 16.5. The molecule has 0 saturated carbocycles. The normalized spacial score (nSPS) is 11.0. The number of hydrogen-bond acceptors (Lipinski definition) is 6. The molecule has 152 valence electrons. The van der Waals surface area contributed by atoms with Crippen molar-refractivity contribution in [3.05, 3.63) is 65.7 Å². The summed E-state index contributed by atoms with van der Waals surface area (Å²) < 4.78 is 15.7. The summed E-state index contributed by atoms with van der Waals surface area (Å²) in [6.07, 6.45) is 5.79. The number of allylic oxidation sites excluding steroid dienone is 2. The van der Waals surface area contributed by atoms with Gasteiger partial charge >= 0.3 is 0 Å². The first-order chi connectivity index (χ1) is 14.0. The van der Waals surface area contributed by atoms with E-state index in [2.05, 4.69) is 0 Å². The molecule has 2 aromatic carbocycles. The fourth-order valence-corrected chi connectivity index (χ4v) is 2.48. The van der Waals surface area contributed by atoms with Crippen LogP contribution in [0.15, 0.2) is 54.6 Å². The first-order valence-corrected chi connectivity index (χ1v) is 9.03. The Labute approximate surface area is 170 Å². The molecule has 0 radical (unpaired) electrons. The molecule has 0 heterocycles. The average Bonchev–Trinajstić information content (AvgIpc) is 2.75. The maximum Gasteiger partial charge on any atom is 0.163 e. The summed E-state index contributed by atoms with van der Waals surface area (Å²) in [6, 6.07) is 12.4. The van der Waals surface area contributed by atoms with Crippen LogP contribution in [0.5, 0.6) is 17.2 Å². The minimum atomic E-state index is -0.301. The van der Waals surface area contributed by atoms with Crippen molar-refractivity contribution in [3.8, 4) is 17.2 Å². The molecular formula is C23H24O6. The third-order valence-corrected chi connectivity index (χ3v) is 3.90. The Morgan fingerprint density at radius 3 is 2.21 bits per heavy atom. The van der Waals surface area contributed by atoms with Crippen LogP contribution in [0.2, 0.25) is 0 Å². The van der Waals surface area contributed by atoms with Gasteiger partial charge in [-0.2, -0.15) is 0 Å². The smallest absolute Gasteiger partial charge is 0.163 e. The minimum absolute atomic E-state index is 0.0976. The molecule has 2 aromatic rings. The molecular weight excluding hydrogens is 372 g/mol. The topological polar surface area (TPSA) is 82.1 Å².